The van der Waals surface area contributed by atoms with Crippen molar-refractivity contribution in [2.24, 2.45) is 7.05 Å². The molecule has 1 aliphatic rings. The lowest BCUT2D eigenvalue weighted by Crippen LogP contribution is -2.38. The van der Waals surface area contributed by atoms with Gasteiger partial charge in [-0.3, -0.25) is 4.79 Å². The summed E-state index contributed by atoms with van der Waals surface area (Å²) in [5.74, 6) is 1.10. The summed E-state index contributed by atoms with van der Waals surface area (Å²) in [5.41, 5.74) is 0. The molecule has 0 aliphatic heterocycles. The molecule has 1 aliphatic carbocycles. The number of hydrogen-bond acceptors (Lipinski definition) is 3. The summed E-state index contributed by atoms with van der Waals surface area (Å²) in [6, 6.07) is 0.428. The van der Waals surface area contributed by atoms with Crippen molar-refractivity contribution in [3.8, 4) is 0 Å². The Morgan fingerprint density at radius 3 is 2.94 bits per heavy atom. The fourth-order valence-electron chi connectivity index (χ4n) is 1.76. The number of rotatable bonds is 5. The molecule has 0 bridgehead atoms. The molecule has 1 saturated carbocycles. The van der Waals surface area contributed by atoms with Crippen molar-refractivity contribution in [2.75, 3.05) is 13.6 Å². The van der Waals surface area contributed by atoms with E-state index in [0.29, 0.717) is 19.1 Å². The highest BCUT2D eigenvalue weighted by Gasteiger charge is 2.32. The van der Waals surface area contributed by atoms with E-state index in [0.717, 1.165) is 18.7 Å². The number of amides is 1. The standard InChI is InChI=1S/C11H18N4O/c1-12-7-11(16)15(9-3-4-9)8-10-13-5-6-14(10)2/h5-6,9,12H,3-4,7-8H2,1-2H3. The maximum absolute atomic E-state index is 11.9. The van der Waals surface area contributed by atoms with Gasteiger partial charge < -0.3 is 14.8 Å². The lowest BCUT2D eigenvalue weighted by Gasteiger charge is -2.21. The van der Waals surface area contributed by atoms with E-state index < -0.39 is 0 Å². The van der Waals surface area contributed by atoms with E-state index in [1.54, 1.807) is 13.2 Å². The largest absolute Gasteiger partial charge is 0.337 e. The first-order valence-electron chi connectivity index (χ1n) is 5.62. The van der Waals surface area contributed by atoms with Gasteiger partial charge in [-0.2, -0.15) is 0 Å². The van der Waals surface area contributed by atoms with Crippen LogP contribution in [0.2, 0.25) is 0 Å². The SMILES string of the molecule is CNCC(=O)N(Cc1nccn1C)C1CC1. The van der Waals surface area contributed by atoms with Gasteiger partial charge in [-0.15, -0.1) is 0 Å². The molecule has 5 heteroatoms. The molecular formula is C11H18N4O. The van der Waals surface area contributed by atoms with Gasteiger partial charge in [0.15, 0.2) is 0 Å². The molecule has 1 aromatic heterocycles. The minimum Gasteiger partial charge on any atom is -0.337 e. The third-order valence-electron chi connectivity index (χ3n) is 2.87. The van der Waals surface area contributed by atoms with Crippen LogP contribution in [0, 0.1) is 0 Å². The third kappa shape index (κ3) is 2.41. The summed E-state index contributed by atoms with van der Waals surface area (Å²) in [5, 5.41) is 2.91. The Kier molecular flexibility index (Phi) is 3.24. The van der Waals surface area contributed by atoms with Crippen LogP contribution in [0.15, 0.2) is 12.4 Å². The minimum absolute atomic E-state index is 0.160. The van der Waals surface area contributed by atoms with Crippen LogP contribution < -0.4 is 5.32 Å². The van der Waals surface area contributed by atoms with E-state index in [2.05, 4.69) is 10.3 Å². The van der Waals surface area contributed by atoms with Crippen molar-refractivity contribution in [1.82, 2.24) is 19.8 Å². The second-order valence-electron chi connectivity index (χ2n) is 4.24. The van der Waals surface area contributed by atoms with Crippen LogP contribution in [0.5, 0.6) is 0 Å². The number of hydrogen-bond donors (Lipinski definition) is 1. The van der Waals surface area contributed by atoms with Gasteiger partial charge in [0.1, 0.15) is 5.82 Å². The lowest BCUT2D eigenvalue weighted by molar-refractivity contribution is -0.131. The highest BCUT2D eigenvalue weighted by Crippen LogP contribution is 2.27. The van der Waals surface area contributed by atoms with Crippen LogP contribution in [-0.2, 0) is 18.4 Å². The van der Waals surface area contributed by atoms with E-state index in [-0.39, 0.29) is 5.91 Å². The normalized spacial score (nSPS) is 15.1. The van der Waals surface area contributed by atoms with Crippen molar-refractivity contribution in [3.05, 3.63) is 18.2 Å². The van der Waals surface area contributed by atoms with Crippen LogP contribution in [0.25, 0.3) is 0 Å². The number of aryl methyl sites for hydroxylation is 1. The molecule has 1 amide bonds. The molecule has 0 radical (unpaired) electrons. The number of aromatic nitrogens is 2. The maximum Gasteiger partial charge on any atom is 0.237 e. The Bertz CT molecular complexity index is 370. The van der Waals surface area contributed by atoms with Crippen molar-refractivity contribution < 1.29 is 4.79 Å². The smallest absolute Gasteiger partial charge is 0.237 e. The van der Waals surface area contributed by atoms with Crippen molar-refractivity contribution in [2.45, 2.75) is 25.4 Å². The highest BCUT2D eigenvalue weighted by atomic mass is 16.2. The molecule has 1 fully saturated rings. The van der Waals surface area contributed by atoms with Crippen LogP contribution >= 0.6 is 0 Å². The molecule has 88 valence electrons. The first-order chi connectivity index (χ1) is 7.72. The van der Waals surface area contributed by atoms with E-state index >= 15 is 0 Å². The van der Waals surface area contributed by atoms with E-state index in [9.17, 15) is 4.79 Å². The van der Waals surface area contributed by atoms with E-state index in [1.807, 2.05) is 22.7 Å². The minimum atomic E-state index is 0.160. The third-order valence-corrected chi connectivity index (χ3v) is 2.87. The summed E-state index contributed by atoms with van der Waals surface area (Å²) >= 11 is 0. The second kappa shape index (κ2) is 4.65. The number of imidazole rings is 1. The summed E-state index contributed by atoms with van der Waals surface area (Å²) < 4.78 is 1.96. The number of carbonyl (C=O) groups excluding carboxylic acids is 1. The van der Waals surface area contributed by atoms with Gasteiger partial charge in [0.25, 0.3) is 0 Å². The predicted octanol–water partition coefficient (Wildman–Crippen LogP) is 0.130. The predicted molar refractivity (Wildman–Crippen MR) is 60.7 cm³/mol. The number of likely N-dealkylation sites (N-methyl/N-ethyl adjacent to an activating group) is 1. The van der Waals surface area contributed by atoms with Gasteiger partial charge in [0.05, 0.1) is 13.1 Å². The van der Waals surface area contributed by atoms with Crippen molar-refractivity contribution in [3.63, 3.8) is 0 Å². The van der Waals surface area contributed by atoms with Crippen LogP contribution in [-0.4, -0.2) is 40.0 Å². The summed E-state index contributed by atoms with van der Waals surface area (Å²) in [6.45, 7) is 1.02. The van der Waals surface area contributed by atoms with Crippen LogP contribution in [0.4, 0.5) is 0 Å². The summed E-state index contributed by atoms with van der Waals surface area (Å²) in [4.78, 5) is 18.1. The number of carbonyl (C=O) groups is 1. The molecule has 1 aromatic rings. The Labute approximate surface area is 95.5 Å². The van der Waals surface area contributed by atoms with Gasteiger partial charge in [-0.1, -0.05) is 0 Å². The van der Waals surface area contributed by atoms with Crippen LogP contribution in [0.1, 0.15) is 18.7 Å². The molecular weight excluding hydrogens is 204 g/mol. The molecule has 0 saturated heterocycles. The Morgan fingerprint density at radius 2 is 2.44 bits per heavy atom. The Hall–Kier alpha value is -1.36. The van der Waals surface area contributed by atoms with Crippen LogP contribution in [0.3, 0.4) is 0 Å². The van der Waals surface area contributed by atoms with Gasteiger partial charge in [0.2, 0.25) is 5.91 Å². The monoisotopic (exact) mass is 222 g/mol. The average Bonchev–Trinajstić information content (AvgIpc) is 3.00. The zero-order chi connectivity index (χ0) is 11.5. The van der Waals surface area contributed by atoms with E-state index in [4.69, 9.17) is 0 Å². The maximum atomic E-state index is 11.9. The van der Waals surface area contributed by atoms with E-state index in [1.165, 1.54) is 0 Å². The Balaban J connectivity index is 2.03. The van der Waals surface area contributed by atoms with Gasteiger partial charge in [0, 0.05) is 25.5 Å². The van der Waals surface area contributed by atoms with Crippen molar-refractivity contribution >= 4 is 5.91 Å². The molecule has 1 heterocycles. The zero-order valence-corrected chi connectivity index (χ0v) is 9.81. The fraction of sp³-hybridized carbons (Fsp3) is 0.636. The first kappa shape index (κ1) is 11.1. The molecule has 0 aromatic carbocycles. The number of nitrogens with one attached hydrogen (secondary N) is 1. The molecule has 5 nitrogen and oxygen atoms in total. The first-order valence-corrected chi connectivity index (χ1v) is 5.62. The van der Waals surface area contributed by atoms with Gasteiger partial charge in [-0.05, 0) is 19.9 Å². The Morgan fingerprint density at radius 1 is 1.69 bits per heavy atom. The molecule has 2 rings (SSSR count). The zero-order valence-electron chi connectivity index (χ0n) is 9.81. The highest BCUT2D eigenvalue weighted by molar-refractivity contribution is 5.78. The second-order valence-corrected chi connectivity index (χ2v) is 4.24. The van der Waals surface area contributed by atoms with Gasteiger partial charge >= 0.3 is 0 Å². The topological polar surface area (TPSA) is 50.2 Å². The molecule has 0 atom stereocenters. The van der Waals surface area contributed by atoms with Gasteiger partial charge in [-0.25, -0.2) is 4.98 Å². The quantitative estimate of drug-likeness (QED) is 0.770. The van der Waals surface area contributed by atoms with Crippen molar-refractivity contribution in [1.29, 1.82) is 0 Å². The summed E-state index contributed by atoms with van der Waals surface area (Å²) in [7, 11) is 3.75. The number of nitrogens with zero attached hydrogens (tertiary/aromatic N) is 3. The average molecular weight is 222 g/mol. The summed E-state index contributed by atoms with van der Waals surface area (Å²) in [6.07, 6.45) is 5.92. The molecule has 1 N–H and O–H groups in total. The fourth-order valence-corrected chi connectivity index (χ4v) is 1.76. The molecule has 0 spiro atoms. The molecule has 0 unspecified atom stereocenters. The molecule has 16 heavy (non-hydrogen) atoms. The lowest BCUT2D eigenvalue weighted by atomic mass is 10.4.